The molecule has 0 saturated carbocycles. The van der Waals surface area contributed by atoms with Crippen molar-refractivity contribution in [1.82, 2.24) is 10.2 Å². The van der Waals surface area contributed by atoms with Gasteiger partial charge in [0.2, 0.25) is 11.8 Å². The van der Waals surface area contributed by atoms with Crippen LogP contribution >= 0.6 is 23.2 Å². The van der Waals surface area contributed by atoms with E-state index in [9.17, 15) is 18.0 Å². The number of sulfonamides is 1. The lowest BCUT2D eigenvalue weighted by Gasteiger charge is -2.33. The zero-order valence-corrected chi connectivity index (χ0v) is 24.8. The molecule has 3 aromatic rings. The highest BCUT2D eigenvalue weighted by molar-refractivity contribution is 7.92. The number of nitrogens with one attached hydrogen (secondary N) is 1. The number of anilines is 1. The quantitative estimate of drug-likeness (QED) is 0.308. The van der Waals surface area contributed by atoms with Gasteiger partial charge in [0.15, 0.2) is 0 Å². The maximum Gasteiger partial charge on any atom is 0.264 e. The smallest absolute Gasteiger partial charge is 0.264 e. The van der Waals surface area contributed by atoms with E-state index in [0.717, 1.165) is 9.87 Å². The van der Waals surface area contributed by atoms with Gasteiger partial charge >= 0.3 is 0 Å². The average Bonchev–Trinajstić information content (AvgIpc) is 2.89. The van der Waals surface area contributed by atoms with Crippen LogP contribution in [0.5, 0.6) is 0 Å². The molecule has 0 heterocycles. The summed E-state index contributed by atoms with van der Waals surface area (Å²) in [5.41, 5.74) is 2.43. The number of nitrogens with zero attached hydrogens (tertiary/aromatic N) is 2. The van der Waals surface area contributed by atoms with Crippen LogP contribution in [0.4, 0.5) is 5.69 Å². The Morgan fingerprint density at radius 2 is 1.51 bits per heavy atom. The van der Waals surface area contributed by atoms with Gasteiger partial charge in [0.25, 0.3) is 10.0 Å². The van der Waals surface area contributed by atoms with E-state index in [-0.39, 0.29) is 17.3 Å². The van der Waals surface area contributed by atoms with E-state index in [1.54, 1.807) is 75.4 Å². The number of halogens is 2. The second kappa shape index (κ2) is 13.3. The first-order valence-electron chi connectivity index (χ1n) is 12.7. The van der Waals surface area contributed by atoms with Crippen LogP contribution in [-0.2, 0) is 26.2 Å². The van der Waals surface area contributed by atoms with Crippen LogP contribution in [-0.4, -0.2) is 44.3 Å². The Hall–Kier alpha value is -3.07. The number of carbonyl (C=O) groups excluding carboxylic acids is 2. The maximum atomic E-state index is 14.1. The summed E-state index contributed by atoms with van der Waals surface area (Å²) in [7, 11) is -4.14. The lowest BCUT2D eigenvalue weighted by atomic mass is 10.1. The van der Waals surface area contributed by atoms with Gasteiger partial charge in [-0.05, 0) is 63.1 Å². The predicted octanol–water partition coefficient (Wildman–Crippen LogP) is 5.75. The lowest BCUT2D eigenvalue weighted by Crippen LogP contribution is -2.52. The molecule has 208 valence electrons. The van der Waals surface area contributed by atoms with Crippen LogP contribution in [0.25, 0.3) is 0 Å². The molecule has 0 bridgehead atoms. The minimum atomic E-state index is -4.14. The van der Waals surface area contributed by atoms with E-state index >= 15 is 0 Å². The fourth-order valence-electron chi connectivity index (χ4n) is 4.26. The highest BCUT2D eigenvalue weighted by atomic mass is 35.5. The van der Waals surface area contributed by atoms with Crippen molar-refractivity contribution in [3.8, 4) is 0 Å². The van der Waals surface area contributed by atoms with Crippen molar-refractivity contribution in [2.75, 3.05) is 17.4 Å². The molecule has 0 aliphatic carbocycles. The van der Waals surface area contributed by atoms with Gasteiger partial charge in [-0.15, -0.1) is 0 Å². The number of hydrogen-bond donors (Lipinski definition) is 1. The standard InChI is InChI=1S/C29H33Cl2N3O4S/c1-5-26(29(36)32-6-2)33(18-23-24(30)11-9-12-25(23)31)28(35)19-34(27-13-8-7-10-21(27)4)39(37,38)22-16-14-20(3)15-17-22/h7-17,26H,5-6,18-19H2,1-4H3,(H,32,36)/t26-/m1/s1. The van der Waals surface area contributed by atoms with Gasteiger partial charge < -0.3 is 10.2 Å². The summed E-state index contributed by atoms with van der Waals surface area (Å²) >= 11 is 12.9. The second-order valence-corrected chi connectivity index (χ2v) is 11.8. The summed E-state index contributed by atoms with van der Waals surface area (Å²) in [5.74, 6) is -0.914. The maximum absolute atomic E-state index is 14.1. The number of amides is 2. The molecule has 0 aromatic heterocycles. The highest BCUT2D eigenvalue weighted by Gasteiger charge is 2.34. The lowest BCUT2D eigenvalue weighted by molar-refractivity contribution is -0.140. The second-order valence-electron chi connectivity index (χ2n) is 9.15. The van der Waals surface area contributed by atoms with Crippen LogP contribution in [0, 0.1) is 13.8 Å². The third-order valence-corrected chi connectivity index (χ3v) is 8.88. The van der Waals surface area contributed by atoms with E-state index in [1.807, 2.05) is 6.92 Å². The molecule has 0 aliphatic rings. The van der Waals surface area contributed by atoms with Crippen molar-refractivity contribution >= 4 is 50.7 Å². The molecule has 0 saturated heterocycles. The van der Waals surface area contributed by atoms with Crippen LogP contribution in [0.1, 0.15) is 37.0 Å². The third kappa shape index (κ3) is 7.12. The molecule has 0 fully saturated rings. The summed E-state index contributed by atoms with van der Waals surface area (Å²) in [5, 5.41) is 3.46. The summed E-state index contributed by atoms with van der Waals surface area (Å²) in [6, 6.07) is 17.5. The van der Waals surface area contributed by atoms with Crippen LogP contribution in [0.15, 0.2) is 71.6 Å². The zero-order chi connectivity index (χ0) is 28.7. The first-order valence-corrected chi connectivity index (χ1v) is 14.9. The minimum absolute atomic E-state index is 0.0561. The fourth-order valence-corrected chi connectivity index (χ4v) is 6.25. The number of carbonyl (C=O) groups is 2. The van der Waals surface area contributed by atoms with Crippen molar-refractivity contribution in [3.63, 3.8) is 0 Å². The molecule has 39 heavy (non-hydrogen) atoms. The Labute approximate surface area is 240 Å². The number of benzene rings is 3. The number of likely N-dealkylation sites (N-methyl/N-ethyl adjacent to an activating group) is 1. The Morgan fingerprint density at radius 1 is 0.897 bits per heavy atom. The topological polar surface area (TPSA) is 86.8 Å². The van der Waals surface area contributed by atoms with Crippen molar-refractivity contribution < 1.29 is 18.0 Å². The highest BCUT2D eigenvalue weighted by Crippen LogP contribution is 2.30. The number of aryl methyl sites for hydroxylation is 2. The van der Waals surface area contributed by atoms with Crippen LogP contribution in [0.3, 0.4) is 0 Å². The van der Waals surface area contributed by atoms with E-state index in [1.165, 1.54) is 17.0 Å². The molecule has 7 nitrogen and oxygen atoms in total. The van der Waals surface area contributed by atoms with E-state index in [0.29, 0.717) is 39.8 Å². The molecular weight excluding hydrogens is 557 g/mol. The molecule has 1 N–H and O–H groups in total. The molecule has 1 atom stereocenters. The van der Waals surface area contributed by atoms with Crippen LogP contribution in [0.2, 0.25) is 10.0 Å². The molecule has 0 spiro atoms. The first kappa shape index (κ1) is 30.5. The molecule has 0 radical (unpaired) electrons. The zero-order valence-electron chi connectivity index (χ0n) is 22.4. The van der Waals surface area contributed by atoms with Gasteiger partial charge in [-0.25, -0.2) is 8.42 Å². The van der Waals surface area contributed by atoms with Crippen molar-refractivity contribution in [3.05, 3.63) is 93.5 Å². The number of rotatable bonds is 11. The summed E-state index contributed by atoms with van der Waals surface area (Å²) < 4.78 is 29.0. The molecular formula is C29H33Cl2N3O4S. The van der Waals surface area contributed by atoms with Crippen molar-refractivity contribution in [1.29, 1.82) is 0 Å². The largest absolute Gasteiger partial charge is 0.355 e. The Kier molecular flexibility index (Phi) is 10.4. The Balaban J connectivity index is 2.11. The predicted molar refractivity (Wildman–Crippen MR) is 157 cm³/mol. The summed E-state index contributed by atoms with van der Waals surface area (Å²) in [6.07, 6.45) is 0.300. The average molecular weight is 591 g/mol. The van der Waals surface area contributed by atoms with Crippen molar-refractivity contribution in [2.24, 2.45) is 0 Å². The summed E-state index contributed by atoms with van der Waals surface area (Å²) in [6.45, 7) is 7.00. The Bertz CT molecular complexity index is 1410. The third-order valence-electron chi connectivity index (χ3n) is 6.40. The van der Waals surface area contributed by atoms with E-state index < -0.39 is 28.5 Å². The molecule has 3 rings (SSSR count). The van der Waals surface area contributed by atoms with Gasteiger partial charge in [-0.3, -0.25) is 13.9 Å². The first-order chi connectivity index (χ1) is 18.5. The SMILES string of the molecule is CCNC(=O)[C@@H](CC)N(Cc1c(Cl)cccc1Cl)C(=O)CN(c1ccccc1C)S(=O)(=O)c1ccc(C)cc1. The molecule has 2 amide bonds. The van der Waals surface area contributed by atoms with Crippen LogP contribution < -0.4 is 9.62 Å². The normalized spacial score (nSPS) is 12.1. The fraction of sp³-hybridized carbons (Fsp3) is 0.310. The van der Waals surface area contributed by atoms with Gasteiger partial charge in [-0.1, -0.05) is 72.1 Å². The monoisotopic (exact) mass is 589 g/mol. The molecule has 0 unspecified atom stereocenters. The Morgan fingerprint density at radius 3 is 2.08 bits per heavy atom. The summed E-state index contributed by atoms with van der Waals surface area (Å²) in [4.78, 5) is 28.5. The molecule has 0 aliphatic heterocycles. The van der Waals surface area contributed by atoms with Gasteiger partial charge in [0.1, 0.15) is 12.6 Å². The number of para-hydroxylation sites is 1. The van der Waals surface area contributed by atoms with Gasteiger partial charge in [0, 0.05) is 28.7 Å². The van der Waals surface area contributed by atoms with Gasteiger partial charge in [-0.2, -0.15) is 0 Å². The number of hydrogen-bond acceptors (Lipinski definition) is 4. The van der Waals surface area contributed by atoms with E-state index in [2.05, 4.69) is 5.32 Å². The van der Waals surface area contributed by atoms with E-state index in [4.69, 9.17) is 23.2 Å². The van der Waals surface area contributed by atoms with Crippen molar-refractivity contribution in [2.45, 2.75) is 51.6 Å². The molecule has 3 aromatic carbocycles. The minimum Gasteiger partial charge on any atom is -0.355 e. The van der Waals surface area contributed by atoms with Gasteiger partial charge in [0.05, 0.1) is 10.6 Å². The molecule has 10 heteroatoms.